The Morgan fingerprint density at radius 1 is 1.15 bits per heavy atom. The van der Waals surface area contributed by atoms with Crippen LogP contribution in [0.2, 0.25) is 0 Å². The van der Waals surface area contributed by atoms with Crippen LogP contribution in [0.4, 0.5) is 19.0 Å². The second-order valence-corrected chi connectivity index (χ2v) is 3.89. The highest BCUT2D eigenvalue weighted by molar-refractivity contribution is 5.72. The van der Waals surface area contributed by atoms with Crippen LogP contribution in [0, 0.1) is 17.5 Å². The molecule has 4 nitrogen and oxygen atoms in total. The summed E-state index contributed by atoms with van der Waals surface area (Å²) in [7, 11) is 1.39. The number of methoxy groups -OCH3 is 1. The molecule has 1 heterocycles. The summed E-state index contributed by atoms with van der Waals surface area (Å²) in [6.45, 7) is 2.44. The molecular weight excluding hydrogens is 271 g/mol. The zero-order valence-electron chi connectivity index (χ0n) is 10.9. The fourth-order valence-corrected chi connectivity index (χ4v) is 1.76. The fraction of sp³-hybridized carbons (Fsp3) is 0.231. The zero-order chi connectivity index (χ0) is 14.7. The average Bonchev–Trinajstić information content (AvgIpc) is 2.44. The summed E-state index contributed by atoms with van der Waals surface area (Å²) >= 11 is 0. The first-order chi connectivity index (χ1) is 9.58. The summed E-state index contributed by atoms with van der Waals surface area (Å²) in [5.74, 6) is -3.46. The number of anilines is 1. The van der Waals surface area contributed by atoms with Gasteiger partial charge in [-0.1, -0.05) is 0 Å². The minimum atomic E-state index is -1.52. The minimum Gasteiger partial charge on any atom is -0.491 e. The molecule has 0 spiro atoms. The predicted octanol–water partition coefficient (Wildman–Crippen LogP) is 3.00. The van der Waals surface area contributed by atoms with Crippen molar-refractivity contribution < 1.29 is 17.9 Å². The van der Waals surface area contributed by atoms with Crippen molar-refractivity contribution in [3.63, 3.8) is 0 Å². The lowest BCUT2D eigenvalue weighted by Crippen LogP contribution is -2.04. The summed E-state index contributed by atoms with van der Waals surface area (Å²) in [6, 6.07) is 1.72. The van der Waals surface area contributed by atoms with Gasteiger partial charge in [0.1, 0.15) is 12.0 Å². The molecule has 2 aromatic rings. The SMILES string of the molecule is CCNc1ncnc(-c2cc(F)c(F)c(F)c2)c1OC. The van der Waals surface area contributed by atoms with Gasteiger partial charge >= 0.3 is 0 Å². The Morgan fingerprint density at radius 2 is 1.80 bits per heavy atom. The fourth-order valence-electron chi connectivity index (χ4n) is 1.76. The van der Waals surface area contributed by atoms with E-state index in [2.05, 4.69) is 15.3 Å². The van der Waals surface area contributed by atoms with Crippen LogP contribution in [0.1, 0.15) is 6.92 Å². The van der Waals surface area contributed by atoms with E-state index in [0.29, 0.717) is 12.4 Å². The molecule has 1 N–H and O–H groups in total. The van der Waals surface area contributed by atoms with Crippen LogP contribution in [0.15, 0.2) is 18.5 Å². The smallest absolute Gasteiger partial charge is 0.194 e. The highest BCUT2D eigenvalue weighted by atomic mass is 19.2. The molecule has 0 saturated heterocycles. The lowest BCUT2D eigenvalue weighted by molar-refractivity contribution is 0.414. The number of hydrogen-bond donors (Lipinski definition) is 1. The molecule has 0 saturated carbocycles. The summed E-state index contributed by atoms with van der Waals surface area (Å²) in [6.07, 6.45) is 1.23. The number of ether oxygens (including phenoxy) is 1. The lowest BCUT2D eigenvalue weighted by atomic mass is 10.1. The van der Waals surface area contributed by atoms with Crippen molar-refractivity contribution in [1.82, 2.24) is 9.97 Å². The van der Waals surface area contributed by atoms with Gasteiger partial charge in [-0.05, 0) is 19.1 Å². The van der Waals surface area contributed by atoms with Crippen LogP contribution in [0.3, 0.4) is 0 Å². The van der Waals surface area contributed by atoms with E-state index in [4.69, 9.17) is 4.74 Å². The van der Waals surface area contributed by atoms with Gasteiger partial charge in [0, 0.05) is 12.1 Å². The van der Waals surface area contributed by atoms with Gasteiger partial charge in [-0.25, -0.2) is 23.1 Å². The summed E-state index contributed by atoms with van der Waals surface area (Å²) in [5.41, 5.74) is 0.246. The van der Waals surface area contributed by atoms with E-state index in [0.717, 1.165) is 12.1 Å². The van der Waals surface area contributed by atoms with Gasteiger partial charge in [0.25, 0.3) is 0 Å². The molecule has 106 valence electrons. The molecule has 0 unspecified atom stereocenters. The first-order valence-electron chi connectivity index (χ1n) is 5.86. The van der Waals surface area contributed by atoms with Crippen molar-refractivity contribution in [2.75, 3.05) is 19.0 Å². The van der Waals surface area contributed by atoms with Crippen molar-refractivity contribution in [2.24, 2.45) is 0 Å². The van der Waals surface area contributed by atoms with Gasteiger partial charge in [0.05, 0.1) is 7.11 Å². The first kappa shape index (κ1) is 14.1. The Bertz CT molecular complexity index is 611. The lowest BCUT2D eigenvalue weighted by Gasteiger charge is -2.12. The molecule has 7 heteroatoms. The molecule has 20 heavy (non-hydrogen) atoms. The summed E-state index contributed by atoms with van der Waals surface area (Å²) in [4.78, 5) is 7.92. The van der Waals surface area contributed by atoms with Crippen LogP contribution in [0.5, 0.6) is 5.75 Å². The topological polar surface area (TPSA) is 47.0 Å². The maximum absolute atomic E-state index is 13.3. The van der Waals surface area contributed by atoms with Crippen LogP contribution < -0.4 is 10.1 Å². The second kappa shape index (κ2) is 5.77. The Hall–Kier alpha value is -2.31. The quantitative estimate of drug-likeness (QED) is 0.876. The normalized spacial score (nSPS) is 10.4. The maximum atomic E-state index is 13.3. The average molecular weight is 283 g/mol. The molecule has 1 aromatic heterocycles. The number of hydrogen-bond acceptors (Lipinski definition) is 4. The van der Waals surface area contributed by atoms with Crippen LogP contribution in [0.25, 0.3) is 11.3 Å². The molecule has 0 aliphatic rings. The van der Waals surface area contributed by atoms with Crippen molar-refractivity contribution in [1.29, 1.82) is 0 Å². The van der Waals surface area contributed by atoms with E-state index in [9.17, 15) is 13.2 Å². The molecule has 0 bridgehead atoms. The summed E-state index contributed by atoms with van der Waals surface area (Å²) < 4.78 is 44.7. The van der Waals surface area contributed by atoms with Gasteiger partial charge in [0.2, 0.25) is 0 Å². The van der Waals surface area contributed by atoms with Crippen LogP contribution in [-0.4, -0.2) is 23.6 Å². The Kier molecular flexibility index (Phi) is 4.07. The minimum absolute atomic E-state index is 0.0693. The number of benzene rings is 1. The standard InChI is InChI=1S/C13H12F3N3O/c1-3-17-13-12(20-2)11(18-6-19-13)7-4-8(14)10(16)9(15)5-7/h4-6H,3H2,1-2H3,(H,17,18,19). The van der Waals surface area contributed by atoms with Crippen molar-refractivity contribution in [3.8, 4) is 17.0 Å². The first-order valence-corrected chi connectivity index (χ1v) is 5.86. The third-order valence-electron chi connectivity index (χ3n) is 2.61. The highest BCUT2D eigenvalue weighted by Gasteiger charge is 2.17. The van der Waals surface area contributed by atoms with E-state index >= 15 is 0 Å². The Labute approximate surface area is 113 Å². The van der Waals surface area contributed by atoms with E-state index in [1.54, 1.807) is 0 Å². The van der Waals surface area contributed by atoms with Gasteiger partial charge < -0.3 is 10.1 Å². The molecule has 0 aliphatic heterocycles. The molecule has 0 radical (unpaired) electrons. The third-order valence-corrected chi connectivity index (χ3v) is 2.61. The second-order valence-electron chi connectivity index (χ2n) is 3.89. The Balaban J connectivity index is 2.60. The van der Waals surface area contributed by atoms with Crippen molar-refractivity contribution >= 4 is 5.82 Å². The van der Waals surface area contributed by atoms with Gasteiger partial charge in [0.15, 0.2) is 29.0 Å². The predicted molar refractivity (Wildman–Crippen MR) is 68.1 cm³/mol. The van der Waals surface area contributed by atoms with E-state index in [1.165, 1.54) is 13.4 Å². The number of aromatic nitrogens is 2. The van der Waals surface area contributed by atoms with Crippen molar-refractivity contribution in [3.05, 3.63) is 35.9 Å². The largest absolute Gasteiger partial charge is 0.491 e. The van der Waals surface area contributed by atoms with E-state index < -0.39 is 17.5 Å². The summed E-state index contributed by atoms with van der Waals surface area (Å²) in [5, 5.41) is 2.94. The molecule has 2 rings (SSSR count). The third kappa shape index (κ3) is 2.52. The van der Waals surface area contributed by atoms with Crippen molar-refractivity contribution in [2.45, 2.75) is 6.92 Å². The Morgan fingerprint density at radius 3 is 2.35 bits per heavy atom. The van der Waals surface area contributed by atoms with Crippen LogP contribution >= 0.6 is 0 Å². The zero-order valence-corrected chi connectivity index (χ0v) is 10.9. The number of halogens is 3. The van der Waals surface area contributed by atoms with Gasteiger partial charge in [-0.3, -0.25) is 0 Å². The van der Waals surface area contributed by atoms with Gasteiger partial charge in [-0.15, -0.1) is 0 Å². The monoisotopic (exact) mass is 283 g/mol. The number of nitrogens with zero attached hydrogens (tertiary/aromatic N) is 2. The molecule has 0 atom stereocenters. The molecular formula is C13H12F3N3O. The number of nitrogens with one attached hydrogen (secondary N) is 1. The molecule has 0 amide bonds. The highest BCUT2D eigenvalue weighted by Crippen LogP contribution is 2.34. The van der Waals surface area contributed by atoms with E-state index in [-0.39, 0.29) is 17.0 Å². The van der Waals surface area contributed by atoms with Gasteiger partial charge in [-0.2, -0.15) is 0 Å². The molecule has 0 aliphatic carbocycles. The van der Waals surface area contributed by atoms with Crippen LogP contribution in [-0.2, 0) is 0 Å². The number of rotatable bonds is 4. The van der Waals surface area contributed by atoms with E-state index in [1.807, 2.05) is 6.92 Å². The molecule has 0 fully saturated rings. The maximum Gasteiger partial charge on any atom is 0.194 e. The molecule has 1 aromatic carbocycles.